The highest BCUT2D eigenvalue weighted by Gasteiger charge is 2.23. The molecule has 3 nitrogen and oxygen atoms in total. The van der Waals surface area contributed by atoms with Crippen LogP contribution in [0.4, 0.5) is 0 Å². The minimum Gasteiger partial charge on any atom is -0.466 e. The summed E-state index contributed by atoms with van der Waals surface area (Å²) in [7, 11) is 0. The lowest BCUT2D eigenvalue weighted by Crippen LogP contribution is -2.15. The minimum absolute atomic E-state index is 0.305. The van der Waals surface area contributed by atoms with Crippen LogP contribution in [0.15, 0.2) is 18.2 Å². The van der Waals surface area contributed by atoms with E-state index in [-0.39, 0.29) is 5.97 Å². The van der Waals surface area contributed by atoms with Crippen molar-refractivity contribution in [2.24, 2.45) is 0 Å². The van der Waals surface area contributed by atoms with Crippen molar-refractivity contribution in [2.45, 2.75) is 26.7 Å². The minimum atomic E-state index is -0.460. The summed E-state index contributed by atoms with van der Waals surface area (Å²) in [5.41, 5.74) is 2.18. The Morgan fingerprint density at radius 2 is 2.10 bits per heavy atom. The molecule has 0 N–H and O–H groups in total. The molecule has 2 rings (SSSR count). The molecular weight excluding hydrogens is 297 g/mol. The summed E-state index contributed by atoms with van der Waals surface area (Å²) in [6.07, 6.45) is 0. The molecule has 0 aliphatic heterocycles. The Morgan fingerprint density at radius 3 is 2.75 bits per heavy atom. The van der Waals surface area contributed by atoms with E-state index in [1.54, 1.807) is 26.0 Å². The molecule has 1 heterocycles. The number of pyridine rings is 1. The van der Waals surface area contributed by atoms with Gasteiger partial charge in [0, 0.05) is 21.7 Å². The van der Waals surface area contributed by atoms with Crippen LogP contribution in [0.3, 0.4) is 0 Å². The van der Waals surface area contributed by atoms with E-state index in [1.165, 1.54) is 0 Å². The van der Waals surface area contributed by atoms with Crippen LogP contribution in [0, 0.1) is 6.92 Å². The normalized spacial score (nSPS) is 12.4. The van der Waals surface area contributed by atoms with E-state index in [0.29, 0.717) is 22.2 Å². The van der Waals surface area contributed by atoms with Crippen LogP contribution in [0.5, 0.6) is 0 Å². The summed E-state index contributed by atoms with van der Waals surface area (Å²) in [6.45, 7) is 5.72. The molecular formula is C15H15Cl2NO2. The van der Waals surface area contributed by atoms with Crippen LogP contribution in [0.25, 0.3) is 10.9 Å². The molecule has 0 aliphatic carbocycles. The van der Waals surface area contributed by atoms with Gasteiger partial charge < -0.3 is 4.74 Å². The summed E-state index contributed by atoms with van der Waals surface area (Å²) in [6, 6.07) is 5.34. The smallest absolute Gasteiger partial charge is 0.313 e. The number of esters is 1. The number of carbonyl (C=O) groups is 1. The first-order valence-corrected chi connectivity index (χ1v) is 7.13. The van der Waals surface area contributed by atoms with Crippen molar-refractivity contribution in [3.8, 4) is 0 Å². The molecule has 1 aromatic carbocycles. The van der Waals surface area contributed by atoms with Crippen LogP contribution in [0.1, 0.15) is 31.0 Å². The van der Waals surface area contributed by atoms with Gasteiger partial charge in [0.25, 0.3) is 0 Å². The molecule has 0 amide bonds. The Morgan fingerprint density at radius 1 is 1.40 bits per heavy atom. The lowest BCUT2D eigenvalue weighted by atomic mass is 9.97. The monoisotopic (exact) mass is 311 g/mol. The lowest BCUT2D eigenvalue weighted by Gasteiger charge is -2.16. The first-order valence-electron chi connectivity index (χ1n) is 6.37. The quantitative estimate of drug-likeness (QED) is 0.782. The van der Waals surface area contributed by atoms with Crippen LogP contribution in [-0.4, -0.2) is 17.6 Å². The van der Waals surface area contributed by atoms with Gasteiger partial charge >= 0.3 is 5.97 Å². The molecule has 0 bridgehead atoms. The highest BCUT2D eigenvalue weighted by Crippen LogP contribution is 2.34. The Hall–Kier alpha value is -1.32. The van der Waals surface area contributed by atoms with E-state index in [2.05, 4.69) is 4.98 Å². The van der Waals surface area contributed by atoms with Crippen LogP contribution in [0.2, 0.25) is 10.0 Å². The Kier molecular flexibility index (Phi) is 4.51. The molecule has 5 heteroatoms. The number of aromatic nitrogens is 1. The van der Waals surface area contributed by atoms with Crippen LogP contribution < -0.4 is 0 Å². The number of nitrogens with zero attached hydrogens (tertiary/aromatic N) is 1. The summed E-state index contributed by atoms with van der Waals surface area (Å²) < 4.78 is 5.05. The molecule has 1 atom stereocenters. The maximum atomic E-state index is 11.9. The fraction of sp³-hybridized carbons (Fsp3) is 0.333. The van der Waals surface area contributed by atoms with Crippen molar-refractivity contribution in [3.63, 3.8) is 0 Å². The van der Waals surface area contributed by atoms with E-state index in [0.717, 1.165) is 16.6 Å². The predicted molar refractivity (Wildman–Crippen MR) is 81.5 cm³/mol. The zero-order valence-electron chi connectivity index (χ0n) is 11.5. The van der Waals surface area contributed by atoms with Crippen LogP contribution in [-0.2, 0) is 9.53 Å². The average molecular weight is 312 g/mol. The van der Waals surface area contributed by atoms with Crippen LogP contribution >= 0.6 is 23.2 Å². The number of fused-ring (bicyclic) bond motifs is 1. The molecule has 0 aliphatic rings. The number of carbonyl (C=O) groups excluding carboxylic acids is 1. The van der Waals surface area contributed by atoms with Gasteiger partial charge in [-0.1, -0.05) is 23.2 Å². The summed E-state index contributed by atoms with van der Waals surface area (Å²) in [4.78, 5) is 16.4. The molecule has 20 heavy (non-hydrogen) atoms. The lowest BCUT2D eigenvalue weighted by molar-refractivity contribution is -0.144. The van der Waals surface area contributed by atoms with Crippen molar-refractivity contribution < 1.29 is 9.53 Å². The van der Waals surface area contributed by atoms with E-state index in [4.69, 9.17) is 27.9 Å². The molecule has 0 radical (unpaired) electrons. The zero-order valence-corrected chi connectivity index (χ0v) is 13.0. The third-order valence-electron chi connectivity index (χ3n) is 3.18. The van der Waals surface area contributed by atoms with Gasteiger partial charge in [0.2, 0.25) is 0 Å². The first-order chi connectivity index (χ1) is 9.45. The zero-order chi connectivity index (χ0) is 14.9. The summed E-state index contributed by atoms with van der Waals surface area (Å²) in [5.74, 6) is -0.765. The van der Waals surface area contributed by atoms with Gasteiger partial charge in [-0.3, -0.25) is 9.78 Å². The number of ether oxygens (including phenoxy) is 1. The predicted octanol–water partition coefficient (Wildman–Crippen LogP) is 4.52. The van der Waals surface area contributed by atoms with E-state index in [1.807, 2.05) is 13.0 Å². The van der Waals surface area contributed by atoms with Gasteiger partial charge in [-0.15, -0.1) is 0 Å². The van der Waals surface area contributed by atoms with Gasteiger partial charge in [0.1, 0.15) is 0 Å². The molecule has 1 aromatic heterocycles. The topological polar surface area (TPSA) is 39.2 Å². The number of hydrogen-bond donors (Lipinski definition) is 0. The van der Waals surface area contributed by atoms with Crippen molar-refractivity contribution >= 4 is 40.1 Å². The highest BCUT2D eigenvalue weighted by atomic mass is 35.5. The average Bonchev–Trinajstić information content (AvgIpc) is 2.40. The second-order valence-electron chi connectivity index (χ2n) is 4.56. The SMILES string of the molecule is CCOC(=O)C(C)c1c(C)nc2ccc(Cl)cc2c1Cl. The number of rotatable bonds is 3. The molecule has 2 aromatic rings. The molecule has 1 unspecified atom stereocenters. The van der Waals surface area contributed by atoms with Gasteiger partial charge in [0.05, 0.1) is 23.1 Å². The van der Waals surface area contributed by atoms with Gasteiger partial charge in [-0.25, -0.2) is 0 Å². The third-order valence-corrected chi connectivity index (χ3v) is 3.82. The molecule has 0 saturated carbocycles. The number of benzene rings is 1. The first kappa shape index (κ1) is 15.1. The fourth-order valence-corrected chi connectivity index (χ4v) is 2.84. The Balaban J connectivity index is 2.61. The second kappa shape index (κ2) is 5.98. The Bertz CT molecular complexity index is 670. The largest absolute Gasteiger partial charge is 0.466 e. The highest BCUT2D eigenvalue weighted by molar-refractivity contribution is 6.37. The Labute approximate surface area is 127 Å². The van der Waals surface area contributed by atoms with Crippen molar-refractivity contribution in [3.05, 3.63) is 39.5 Å². The van der Waals surface area contributed by atoms with E-state index >= 15 is 0 Å². The van der Waals surface area contributed by atoms with Gasteiger partial charge in [-0.05, 0) is 39.0 Å². The molecule has 0 spiro atoms. The molecule has 106 valence electrons. The second-order valence-corrected chi connectivity index (χ2v) is 5.37. The number of hydrogen-bond acceptors (Lipinski definition) is 3. The number of halogens is 2. The maximum Gasteiger partial charge on any atom is 0.313 e. The third kappa shape index (κ3) is 2.74. The summed E-state index contributed by atoms with van der Waals surface area (Å²) in [5, 5.41) is 1.84. The fourth-order valence-electron chi connectivity index (χ4n) is 2.21. The molecule has 0 saturated heterocycles. The van der Waals surface area contributed by atoms with Gasteiger partial charge in [-0.2, -0.15) is 0 Å². The van der Waals surface area contributed by atoms with E-state index < -0.39 is 5.92 Å². The van der Waals surface area contributed by atoms with Gasteiger partial charge in [0.15, 0.2) is 0 Å². The van der Waals surface area contributed by atoms with E-state index in [9.17, 15) is 4.79 Å². The number of aryl methyl sites for hydroxylation is 1. The summed E-state index contributed by atoms with van der Waals surface area (Å²) >= 11 is 12.4. The standard InChI is InChI=1S/C15H15Cl2NO2/c1-4-20-15(19)8(2)13-9(3)18-12-6-5-10(16)7-11(12)14(13)17/h5-8H,4H2,1-3H3. The van der Waals surface area contributed by atoms with Crippen molar-refractivity contribution in [1.29, 1.82) is 0 Å². The maximum absolute atomic E-state index is 11.9. The molecule has 0 fully saturated rings. The van der Waals surface area contributed by atoms with Crippen molar-refractivity contribution in [1.82, 2.24) is 4.98 Å². The van der Waals surface area contributed by atoms with Crippen molar-refractivity contribution in [2.75, 3.05) is 6.61 Å².